The van der Waals surface area contributed by atoms with Crippen LogP contribution in [0.15, 0.2) is 116 Å². The van der Waals surface area contributed by atoms with Crippen molar-refractivity contribution >= 4 is 5.69 Å². The van der Waals surface area contributed by atoms with Crippen LogP contribution in [-0.4, -0.2) is 21.5 Å². The smallest absolute Gasteiger partial charge is 0.510 e. The molecule has 42 heavy (non-hydrogen) atoms. The van der Waals surface area contributed by atoms with Crippen molar-refractivity contribution in [2.75, 3.05) is 11.9 Å². The molecule has 0 N–H and O–H groups in total. The van der Waals surface area contributed by atoms with Crippen LogP contribution in [0.5, 0.6) is 0 Å². The number of hydrogen-bond acceptors (Lipinski definition) is 3. The van der Waals surface area contributed by atoms with E-state index in [0.717, 1.165) is 17.1 Å². The fraction of sp³-hybridized carbons (Fsp3) is 0.189. The maximum absolute atomic E-state index is 4.68. The van der Waals surface area contributed by atoms with Gasteiger partial charge in [0.05, 0.1) is 5.82 Å². The van der Waals surface area contributed by atoms with Crippen LogP contribution in [0, 0.1) is 18.8 Å². The van der Waals surface area contributed by atoms with E-state index >= 15 is 0 Å². The summed E-state index contributed by atoms with van der Waals surface area (Å²) in [5, 5.41) is 0. The van der Waals surface area contributed by atoms with E-state index in [-0.39, 0.29) is 20.1 Å². The maximum atomic E-state index is 4.68. The van der Waals surface area contributed by atoms with Crippen LogP contribution in [-0.2, 0) is 20.1 Å². The molecule has 0 atom stereocenters. The van der Waals surface area contributed by atoms with E-state index in [9.17, 15) is 0 Å². The number of para-hydroxylation sites is 1. The molecule has 0 aliphatic carbocycles. The van der Waals surface area contributed by atoms with Crippen LogP contribution in [0.2, 0.25) is 0 Å². The van der Waals surface area contributed by atoms with E-state index in [2.05, 4.69) is 104 Å². The number of aromatic nitrogens is 2. The molecule has 4 aromatic carbocycles. The molecule has 6 rings (SSSR count). The minimum absolute atomic E-state index is 0. The zero-order valence-corrected chi connectivity index (χ0v) is 27.2. The van der Waals surface area contributed by atoms with Crippen LogP contribution >= 0.6 is 0 Å². The second kappa shape index (κ2) is 14.3. The molecule has 0 saturated heterocycles. The van der Waals surface area contributed by atoms with Gasteiger partial charge >= 0.3 is 20.1 Å². The maximum Gasteiger partial charge on any atom is 3.00 e. The number of benzene rings is 4. The van der Waals surface area contributed by atoms with Crippen molar-refractivity contribution in [3.05, 3.63) is 146 Å². The molecule has 0 saturated carbocycles. The van der Waals surface area contributed by atoms with Crippen LogP contribution in [0.25, 0.3) is 28.2 Å². The molecule has 0 radical (unpaired) electrons. The van der Waals surface area contributed by atoms with Crippen molar-refractivity contribution in [3.8, 4) is 28.2 Å². The largest absolute Gasteiger partial charge is 3.00 e. The molecule has 5 aromatic rings. The predicted octanol–water partition coefficient (Wildman–Crippen LogP) is 9.08. The molecular formula is C37H37IrN4. The first-order valence-electron chi connectivity index (χ1n) is 14.2. The monoisotopic (exact) mass is 730 g/mol. The van der Waals surface area contributed by atoms with Crippen molar-refractivity contribution in [2.45, 2.75) is 39.5 Å². The number of hydrogen-bond donors (Lipinski definition) is 0. The van der Waals surface area contributed by atoms with Crippen molar-refractivity contribution < 1.29 is 20.1 Å². The summed E-state index contributed by atoms with van der Waals surface area (Å²) in [4.78, 5) is 8.70. The number of imidazole rings is 1. The molecule has 214 valence electrons. The summed E-state index contributed by atoms with van der Waals surface area (Å²) in [5.74, 6) is 1.71. The van der Waals surface area contributed by atoms with Gasteiger partial charge < -0.3 is 14.4 Å². The summed E-state index contributed by atoms with van der Waals surface area (Å²) in [7, 11) is 2.00. The van der Waals surface area contributed by atoms with Gasteiger partial charge in [0.25, 0.3) is 0 Å². The van der Waals surface area contributed by atoms with Crippen LogP contribution in [0.4, 0.5) is 5.69 Å². The van der Waals surface area contributed by atoms with Crippen molar-refractivity contribution in [1.29, 1.82) is 0 Å². The zero-order valence-electron chi connectivity index (χ0n) is 24.8. The fourth-order valence-electron chi connectivity index (χ4n) is 4.99. The van der Waals surface area contributed by atoms with Gasteiger partial charge in [0.15, 0.2) is 0 Å². The number of anilines is 1. The molecule has 4 nitrogen and oxygen atoms in total. The van der Waals surface area contributed by atoms with Crippen molar-refractivity contribution in [3.63, 3.8) is 0 Å². The molecule has 0 bridgehead atoms. The second-order valence-electron chi connectivity index (χ2n) is 10.8. The quantitative estimate of drug-likeness (QED) is 0.163. The molecule has 0 amide bonds. The Kier molecular flexibility index (Phi) is 10.6. The molecule has 0 spiro atoms. The van der Waals surface area contributed by atoms with Crippen molar-refractivity contribution in [2.24, 2.45) is 0 Å². The summed E-state index contributed by atoms with van der Waals surface area (Å²) in [6, 6.07) is 37.8. The minimum atomic E-state index is 0. The third-order valence-electron chi connectivity index (χ3n) is 7.09. The Morgan fingerprint density at radius 3 is 1.93 bits per heavy atom. The van der Waals surface area contributed by atoms with Crippen LogP contribution in [0.1, 0.15) is 50.7 Å². The van der Waals surface area contributed by atoms with Gasteiger partial charge in [-0.2, -0.15) is 37.0 Å². The summed E-state index contributed by atoms with van der Waals surface area (Å²) < 4.78 is 2.24. The predicted molar refractivity (Wildman–Crippen MR) is 170 cm³/mol. The Hall–Kier alpha value is -3.92. The molecule has 2 heterocycles. The molecule has 0 fully saturated rings. The molecule has 0 unspecified atom stereocenters. The standard InChI is InChI=1S/C27H27N2.C10H10N2.Ir/c1-19(2)24-17-23(21-11-7-5-8-12-21)18-25(20(3)4)26(24)29-16-15-28-27(29)22-13-9-6-10-14-22;1-11-7-8-12(9-11)10-5-3-2-4-6-10;/h5-13,15-20H,1-4H3;2-5,7-9H,1H3;/q-1;-2;+3. The Labute approximate surface area is 264 Å². The van der Waals surface area contributed by atoms with E-state index in [0.29, 0.717) is 11.8 Å². The van der Waals surface area contributed by atoms with Gasteiger partial charge in [-0.15, -0.1) is 41.6 Å². The van der Waals surface area contributed by atoms with E-state index in [1.807, 2.05) is 84.6 Å². The first kappa shape index (κ1) is 31.0. The first-order valence-corrected chi connectivity index (χ1v) is 14.2. The molecule has 1 aromatic heterocycles. The van der Waals surface area contributed by atoms with Crippen LogP contribution in [0.3, 0.4) is 0 Å². The van der Waals surface area contributed by atoms with E-state index in [4.69, 9.17) is 0 Å². The summed E-state index contributed by atoms with van der Waals surface area (Å²) in [6.07, 6.45) is 7.97. The minimum Gasteiger partial charge on any atom is -0.510 e. The van der Waals surface area contributed by atoms with Gasteiger partial charge in [-0.25, -0.2) is 0 Å². The van der Waals surface area contributed by atoms with Gasteiger partial charge in [-0.05, 0) is 65.7 Å². The first-order chi connectivity index (χ1) is 19.9. The normalized spacial score (nSPS) is 12.4. The van der Waals surface area contributed by atoms with E-state index in [1.165, 1.54) is 27.9 Å². The topological polar surface area (TPSA) is 24.3 Å². The SMILES string of the molecule is CC(C)c1cc(-c2ccccc2)cc(C(C)C)c1-n1ccnc1-c1[c-]cccc1.CN1C=CN(c2[c-]cccc2)[CH-]1.[Ir+3]. The second-order valence-corrected chi connectivity index (χ2v) is 10.8. The van der Waals surface area contributed by atoms with Crippen LogP contribution < -0.4 is 4.90 Å². The number of rotatable bonds is 6. The van der Waals surface area contributed by atoms with Gasteiger partial charge in [-0.3, -0.25) is 4.98 Å². The third-order valence-corrected chi connectivity index (χ3v) is 7.09. The molecule has 1 aliphatic rings. The molecule has 5 heteroatoms. The third kappa shape index (κ3) is 7.10. The van der Waals surface area contributed by atoms with E-state index in [1.54, 1.807) is 0 Å². The van der Waals surface area contributed by atoms with Gasteiger partial charge in [0, 0.05) is 18.1 Å². The van der Waals surface area contributed by atoms with Gasteiger partial charge in [-0.1, -0.05) is 58.0 Å². The summed E-state index contributed by atoms with van der Waals surface area (Å²) in [5.41, 5.74) is 8.53. The average Bonchev–Trinajstić information content (AvgIpc) is 3.67. The van der Waals surface area contributed by atoms with Gasteiger partial charge in [0.2, 0.25) is 0 Å². The molecular weight excluding hydrogens is 693 g/mol. The Morgan fingerprint density at radius 1 is 0.738 bits per heavy atom. The van der Waals surface area contributed by atoms with Crippen molar-refractivity contribution in [1.82, 2.24) is 14.5 Å². The Bertz CT molecular complexity index is 1550. The summed E-state index contributed by atoms with van der Waals surface area (Å²) in [6.45, 7) is 11.1. The summed E-state index contributed by atoms with van der Waals surface area (Å²) >= 11 is 0. The molecule has 1 aliphatic heterocycles. The zero-order chi connectivity index (χ0) is 28.8. The Balaban J connectivity index is 0.000000261. The Morgan fingerprint density at radius 2 is 1.38 bits per heavy atom. The average molecular weight is 730 g/mol. The fourth-order valence-corrected chi connectivity index (χ4v) is 4.99. The van der Waals surface area contributed by atoms with E-state index < -0.39 is 0 Å². The number of nitrogens with zero attached hydrogens (tertiary/aromatic N) is 4. The van der Waals surface area contributed by atoms with Gasteiger partial charge in [0.1, 0.15) is 0 Å².